The number of carbonyl (C=O) groups is 3. The molecule has 1 aromatic carbocycles. The molecule has 0 aliphatic carbocycles. The molecule has 0 bridgehead atoms. The van der Waals surface area contributed by atoms with Gasteiger partial charge in [-0.25, -0.2) is 4.79 Å². The van der Waals surface area contributed by atoms with Crippen LogP contribution in [0.2, 0.25) is 0 Å². The molecule has 1 aromatic rings. The minimum Gasteiger partial charge on any atom is -0.434 e. The van der Waals surface area contributed by atoms with Gasteiger partial charge in [-0.2, -0.15) is 8.78 Å². The Balaban J connectivity index is 1.78. The van der Waals surface area contributed by atoms with Crippen molar-refractivity contribution in [3.8, 4) is 5.75 Å². The van der Waals surface area contributed by atoms with Crippen molar-refractivity contribution >= 4 is 17.8 Å². The van der Waals surface area contributed by atoms with Crippen LogP contribution in [-0.2, 0) is 16.1 Å². The predicted molar refractivity (Wildman–Crippen MR) is 88.5 cm³/mol. The highest BCUT2D eigenvalue weighted by Crippen LogP contribution is 2.20. The number of nitrogens with one attached hydrogen (secondary N) is 2. The Labute approximate surface area is 149 Å². The van der Waals surface area contributed by atoms with Crippen molar-refractivity contribution in [2.45, 2.75) is 45.4 Å². The fourth-order valence-electron chi connectivity index (χ4n) is 2.56. The van der Waals surface area contributed by atoms with Crippen molar-refractivity contribution in [1.29, 1.82) is 0 Å². The zero-order valence-electron chi connectivity index (χ0n) is 14.6. The largest absolute Gasteiger partial charge is 0.434 e. The van der Waals surface area contributed by atoms with Crippen molar-refractivity contribution < 1.29 is 27.9 Å². The van der Waals surface area contributed by atoms with Gasteiger partial charge in [-0.1, -0.05) is 18.2 Å². The topological polar surface area (TPSA) is 87.7 Å². The van der Waals surface area contributed by atoms with Gasteiger partial charge < -0.3 is 15.4 Å². The number of amides is 4. The summed E-state index contributed by atoms with van der Waals surface area (Å²) in [5, 5.41) is 5.17. The van der Waals surface area contributed by atoms with E-state index >= 15 is 0 Å². The van der Waals surface area contributed by atoms with Gasteiger partial charge in [-0.05, 0) is 26.3 Å². The van der Waals surface area contributed by atoms with E-state index in [4.69, 9.17) is 0 Å². The molecule has 0 atom stereocenters. The van der Waals surface area contributed by atoms with Crippen molar-refractivity contribution in [1.82, 2.24) is 15.5 Å². The molecule has 26 heavy (non-hydrogen) atoms. The van der Waals surface area contributed by atoms with Gasteiger partial charge in [0.25, 0.3) is 5.91 Å². The summed E-state index contributed by atoms with van der Waals surface area (Å²) >= 11 is 0. The summed E-state index contributed by atoms with van der Waals surface area (Å²) in [6, 6.07) is 5.71. The van der Waals surface area contributed by atoms with E-state index in [0.29, 0.717) is 12.0 Å². The normalized spacial score (nSPS) is 16.0. The highest BCUT2D eigenvalue weighted by Gasteiger charge is 2.43. The first-order chi connectivity index (χ1) is 12.2. The Kier molecular flexibility index (Phi) is 6.12. The molecule has 142 valence electrons. The summed E-state index contributed by atoms with van der Waals surface area (Å²) in [5.74, 6) is -0.645. The highest BCUT2D eigenvalue weighted by atomic mass is 19.3. The SMILES string of the molecule is CC1(C)NC(=O)N(CCCC(=O)NCc2ccccc2OC(F)F)C1=O. The van der Waals surface area contributed by atoms with Crippen molar-refractivity contribution in [3.63, 3.8) is 0 Å². The number of hydrogen-bond donors (Lipinski definition) is 2. The minimum atomic E-state index is -2.94. The molecule has 1 heterocycles. The molecule has 0 radical (unpaired) electrons. The van der Waals surface area contributed by atoms with Crippen LogP contribution in [-0.4, -0.2) is 41.4 Å². The highest BCUT2D eigenvalue weighted by molar-refractivity contribution is 6.06. The van der Waals surface area contributed by atoms with Gasteiger partial charge >= 0.3 is 12.6 Å². The smallest absolute Gasteiger partial charge is 0.387 e. The average Bonchev–Trinajstić information content (AvgIpc) is 2.75. The molecule has 0 unspecified atom stereocenters. The lowest BCUT2D eigenvalue weighted by atomic mass is 10.1. The zero-order chi connectivity index (χ0) is 19.3. The van der Waals surface area contributed by atoms with Crippen LogP contribution in [0.1, 0.15) is 32.3 Å². The van der Waals surface area contributed by atoms with Crippen LogP contribution in [0, 0.1) is 0 Å². The lowest BCUT2D eigenvalue weighted by Gasteiger charge is -2.15. The van der Waals surface area contributed by atoms with E-state index in [2.05, 4.69) is 15.4 Å². The molecule has 0 aromatic heterocycles. The summed E-state index contributed by atoms with van der Waals surface area (Å²) in [7, 11) is 0. The van der Waals surface area contributed by atoms with E-state index in [1.807, 2.05) is 0 Å². The molecule has 1 aliphatic heterocycles. The summed E-state index contributed by atoms with van der Waals surface area (Å²) in [6.45, 7) is 0.447. The van der Waals surface area contributed by atoms with E-state index in [-0.39, 0.29) is 37.1 Å². The Morgan fingerprint density at radius 3 is 2.62 bits per heavy atom. The Morgan fingerprint density at radius 2 is 2.00 bits per heavy atom. The molecule has 2 N–H and O–H groups in total. The first kappa shape index (κ1) is 19.6. The molecule has 4 amide bonds. The van der Waals surface area contributed by atoms with Gasteiger partial charge in [-0.3, -0.25) is 14.5 Å². The summed E-state index contributed by atoms with van der Waals surface area (Å²) in [6.07, 6.45) is 0.394. The lowest BCUT2D eigenvalue weighted by Crippen LogP contribution is -2.40. The van der Waals surface area contributed by atoms with Gasteiger partial charge in [0.05, 0.1) is 0 Å². The number of nitrogens with zero attached hydrogens (tertiary/aromatic N) is 1. The quantitative estimate of drug-likeness (QED) is 0.686. The third-order valence-electron chi connectivity index (χ3n) is 3.89. The van der Waals surface area contributed by atoms with E-state index in [1.54, 1.807) is 32.0 Å². The fourth-order valence-corrected chi connectivity index (χ4v) is 2.56. The van der Waals surface area contributed by atoms with Crippen LogP contribution in [0.5, 0.6) is 5.75 Å². The summed E-state index contributed by atoms with van der Waals surface area (Å²) in [4.78, 5) is 36.7. The van der Waals surface area contributed by atoms with Crippen LogP contribution in [0.15, 0.2) is 24.3 Å². The third kappa shape index (κ3) is 4.90. The van der Waals surface area contributed by atoms with Gasteiger partial charge in [-0.15, -0.1) is 0 Å². The number of imide groups is 1. The van der Waals surface area contributed by atoms with Crippen LogP contribution < -0.4 is 15.4 Å². The van der Waals surface area contributed by atoms with Crippen LogP contribution in [0.4, 0.5) is 13.6 Å². The van der Waals surface area contributed by atoms with Crippen LogP contribution >= 0.6 is 0 Å². The molecule has 1 fully saturated rings. The maximum Gasteiger partial charge on any atom is 0.387 e. The molecule has 2 rings (SSSR count). The van der Waals surface area contributed by atoms with Gasteiger partial charge in [0.1, 0.15) is 11.3 Å². The number of carbonyl (C=O) groups excluding carboxylic acids is 3. The summed E-state index contributed by atoms with van der Waals surface area (Å²) in [5.41, 5.74) is -0.509. The lowest BCUT2D eigenvalue weighted by molar-refractivity contribution is -0.130. The third-order valence-corrected chi connectivity index (χ3v) is 3.89. The van der Waals surface area contributed by atoms with E-state index in [9.17, 15) is 23.2 Å². The van der Waals surface area contributed by atoms with Crippen molar-refractivity contribution in [3.05, 3.63) is 29.8 Å². The molecule has 0 spiro atoms. The Bertz CT molecular complexity index is 694. The van der Waals surface area contributed by atoms with Gasteiger partial charge in [0.15, 0.2) is 0 Å². The molecule has 1 saturated heterocycles. The predicted octanol–water partition coefficient (Wildman–Crippen LogP) is 2.01. The molecular weight excluding hydrogens is 348 g/mol. The van der Waals surface area contributed by atoms with Crippen molar-refractivity contribution in [2.75, 3.05) is 6.54 Å². The second-order valence-electron chi connectivity index (χ2n) is 6.38. The minimum absolute atomic E-state index is 0.00404. The first-order valence-corrected chi connectivity index (χ1v) is 8.14. The standard InChI is InChI=1S/C17H21F2N3O4/c1-17(2)14(24)22(16(25)21-17)9-5-8-13(23)20-10-11-6-3-4-7-12(11)26-15(18)19/h3-4,6-7,15H,5,8-10H2,1-2H3,(H,20,23)(H,21,25). The number of para-hydroxylation sites is 1. The number of alkyl halides is 2. The maximum atomic E-state index is 12.4. The van der Waals surface area contributed by atoms with Crippen LogP contribution in [0.3, 0.4) is 0 Å². The number of benzene rings is 1. The van der Waals surface area contributed by atoms with Crippen LogP contribution in [0.25, 0.3) is 0 Å². The maximum absolute atomic E-state index is 12.4. The zero-order valence-corrected chi connectivity index (χ0v) is 14.6. The molecule has 0 saturated carbocycles. The number of urea groups is 1. The van der Waals surface area contributed by atoms with Crippen molar-refractivity contribution in [2.24, 2.45) is 0 Å². The monoisotopic (exact) mass is 369 g/mol. The molecule has 9 heteroatoms. The summed E-state index contributed by atoms with van der Waals surface area (Å²) < 4.78 is 29.1. The van der Waals surface area contributed by atoms with E-state index in [1.165, 1.54) is 6.07 Å². The first-order valence-electron chi connectivity index (χ1n) is 8.14. The number of hydrogen-bond acceptors (Lipinski definition) is 4. The average molecular weight is 369 g/mol. The molecule has 1 aliphatic rings. The number of rotatable bonds is 8. The number of halogens is 2. The molecular formula is C17H21F2N3O4. The second-order valence-corrected chi connectivity index (χ2v) is 6.38. The second kappa shape index (κ2) is 8.11. The number of ether oxygens (including phenoxy) is 1. The Morgan fingerprint density at radius 1 is 1.31 bits per heavy atom. The Hall–Kier alpha value is -2.71. The van der Waals surface area contributed by atoms with Gasteiger partial charge in [0.2, 0.25) is 5.91 Å². The van der Waals surface area contributed by atoms with Gasteiger partial charge in [0, 0.05) is 25.1 Å². The van der Waals surface area contributed by atoms with E-state index in [0.717, 1.165) is 4.90 Å². The molecule has 7 nitrogen and oxygen atoms in total. The van der Waals surface area contributed by atoms with E-state index < -0.39 is 18.2 Å². The fraction of sp³-hybridized carbons (Fsp3) is 0.471.